The van der Waals surface area contributed by atoms with E-state index in [0.717, 1.165) is 32.6 Å². The molecule has 3 aromatic rings. The lowest BCUT2D eigenvalue weighted by atomic mass is 10.1. The fourth-order valence-electron chi connectivity index (χ4n) is 2.94. The molecule has 0 aliphatic carbocycles. The van der Waals surface area contributed by atoms with Gasteiger partial charge < -0.3 is 14.6 Å². The Morgan fingerprint density at radius 1 is 1.13 bits per heavy atom. The first kappa shape index (κ1) is 22.4. The van der Waals surface area contributed by atoms with E-state index in [9.17, 15) is 4.79 Å². The highest BCUT2D eigenvalue weighted by Crippen LogP contribution is 2.26. The van der Waals surface area contributed by atoms with E-state index in [-0.39, 0.29) is 11.7 Å². The van der Waals surface area contributed by atoms with Crippen LogP contribution in [0.1, 0.15) is 28.1 Å². The summed E-state index contributed by atoms with van der Waals surface area (Å²) in [5.41, 5.74) is 5.27. The number of carbonyl (C=O) groups is 1. The maximum atomic E-state index is 12.4. The zero-order chi connectivity index (χ0) is 21.8. The minimum Gasteiger partial charge on any atom is -0.485 e. The van der Waals surface area contributed by atoms with Gasteiger partial charge in [0.05, 0.1) is 5.75 Å². The zero-order valence-corrected chi connectivity index (χ0v) is 20.1. The summed E-state index contributed by atoms with van der Waals surface area (Å²) < 4.78 is 8.78. The molecular weight excluding hydrogens is 464 g/mol. The third kappa shape index (κ3) is 5.23. The second-order valence-corrected chi connectivity index (χ2v) is 8.99. The predicted molar refractivity (Wildman–Crippen MR) is 124 cm³/mol. The number of aromatic nitrogens is 3. The SMILES string of the molecule is Cc1ccc(OCc2nnc(SCC(=O)Nc3ccc(Br)c(C)c3C)n2C)c(C)c1. The molecule has 0 unspecified atom stereocenters. The predicted octanol–water partition coefficient (Wildman–Crippen LogP) is 5.12. The molecule has 1 aromatic heterocycles. The Labute approximate surface area is 189 Å². The zero-order valence-electron chi connectivity index (χ0n) is 17.7. The first-order chi connectivity index (χ1) is 14.3. The van der Waals surface area contributed by atoms with Crippen LogP contribution in [0.4, 0.5) is 5.69 Å². The smallest absolute Gasteiger partial charge is 0.234 e. The molecule has 0 radical (unpaired) electrons. The Morgan fingerprint density at radius 3 is 2.63 bits per heavy atom. The molecule has 0 atom stereocenters. The van der Waals surface area contributed by atoms with Crippen LogP contribution >= 0.6 is 27.7 Å². The topological polar surface area (TPSA) is 69.0 Å². The van der Waals surface area contributed by atoms with Crippen molar-refractivity contribution in [1.82, 2.24) is 14.8 Å². The molecule has 0 fully saturated rings. The highest BCUT2D eigenvalue weighted by Gasteiger charge is 2.14. The van der Waals surface area contributed by atoms with E-state index in [4.69, 9.17) is 4.74 Å². The van der Waals surface area contributed by atoms with Crippen molar-refractivity contribution in [2.24, 2.45) is 7.05 Å². The number of halogens is 1. The Hall–Kier alpha value is -2.32. The molecule has 6 nitrogen and oxygen atoms in total. The van der Waals surface area contributed by atoms with Crippen LogP contribution in [0.2, 0.25) is 0 Å². The van der Waals surface area contributed by atoms with Gasteiger partial charge in [0.15, 0.2) is 11.0 Å². The Kier molecular flexibility index (Phi) is 7.20. The number of anilines is 1. The van der Waals surface area contributed by atoms with Gasteiger partial charge in [-0.2, -0.15) is 0 Å². The maximum absolute atomic E-state index is 12.4. The van der Waals surface area contributed by atoms with E-state index in [1.165, 1.54) is 17.3 Å². The van der Waals surface area contributed by atoms with Crippen molar-refractivity contribution in [3.05, 3.63) is 62.9 Å². The standard InChI is InChI=1S/C22H25BrN4O2S/c1-13-6-9-19(14(2)10-13)29-11-20-25-26-22(27(20)5)30-12-21(28)24-18-8-7-17(23)15(3)16(18)4/h6-10H,11-12H2,1-5H3,(H,24,28). The van der Waals surface area contributed by atoms with E-state index in [2.05, 4.69) is 44.4 Å². The molecule has 1 heterocycles. The highest BCUT2D eigenvalue weighted by molar-refractivity contribution is 9.10. The Bertz CT molecular complexity index is 1080. The molecule has 0 spiro atoms. The van der Waals surface area contributed by atoms with Gasteiger partial charge in [0.25, 0.3) is 0 Å². The number of ether oxygens (including phenoxy) is 1. The molecule has 1 N–H and O–H groups in total. The summed E-state index contributed by atoms with van der Waals surface area (Å²) >= 11 is 4.86. The number of benzene rings is 2. The van der Waals surface area contributed by atoms with Gasteiger partial charge in [-0.3, -0.25) is 4.79 Å². The van der Waals surface area contributed by atoms with Crippen LogP contribution in [-0.2, 0) is 18.4 Å². The average Bonchev–Trinajstić information content (AvgIpc) is 3.06. The number of hydrogen-bond acceptors (Lipinski definition) is 5. The number of aryl methyl sites for hydroxylation is 2. The van der Waals surface area contributed by atoms with E-state index >= 15 is 0 Å². The monoisotopic (exact) mass is 488 g/mol. The first-order valence-corrected chi connectivity index (χ1v) is 11.3. The van der Waals surface area contributed by atoms with E-state index in [1.807, 2.05) is 56.7 Å². The molecule has 0 aliphatic rings. The van der Waals surface area contributed by atoms with Crippen LogP contribution in [0.15, 0.2) is 40.0 Å². The summed E-state index contributed by atoms with van der Waals surface area (Å²) in [6.45, 7) is 8.40. The number of thioether (sulfide) groups is 1. The summed E-state index contributed by atoms with van der Waals surface area (Å²) in [5, 5.41) is 12.0. The first-order valence-electron chi connectivity index (χ1n) is 9.53. The van der Waals surface area contributed by atoms with Crippen LogP contribution in [-0.4, -0.2) is 26.4 Å². The molecule has 8 heteroatoms. The van der Waals surface area contributed by atoms with Gasteiger partial charge in [0.2, 0.25) is 5.91 Å². The van der Waals surface area contributed by atoms with Gasteiger partial charge in [-0.05, 0) is 62.6 Å². The van der Waals surface area contributed by atoms with Crippen molar-refractivity contribution in [3.63, 3.8) is 0 Å². The van der Waals surface area contributed by atoms with Gasteiger partial charge in [-0.25, -0.2) is 0 Å². The molecule has 0 bridgehead atoms. The number of nitrogens with one attached hydrogen (secondary N) is 1. The summed E-state index contributed by atoms with van der Waals surface area (Å²) in [4.78, 5) is 12.4. The highest BCUT2D eigenvalue weighted by atomic mass is 79.9. The molecule has 158 valence electrons. The van der Waals surface area contributed by atoms with Crippen molar-refractivity contribution in [1.29, 1.82) is 0 Å². The fourth-order valence-corrected chi connectivity index (χ4v) is 4.10. The number of nitrogens with zero attached hydrogens (tertiary/aromatic N) is 3. The van der Waals surface area contributed by atoms with Crippen molar-refractivity contribution in [2.75, 3.05) is 11.1 Å². The number of rotatable bonds is 7. The normalized spacial score (nSPS) is 10.9. The van der Waals surface area contributed by atoms with Gasteiger partial charge in [0.1, 0.15) is 12.4 Å². The fraction of sp³-hybridized carbons (Fsp3) is 0.318. The maximum Gasteiger partial charge on any atom is 0.234 e. The molecular formula is C22H25BrN4O2S. The van der Waals surface area contributed by atoms with Crippen LogP contribution in [0.25, 0.3) is 0 Å². The molecule has 0 saturated heterocycles. The number of carbonyl (C=O) groups excluding carboxylic acids is 1. The molecule has 0 saturated carbocycles. The largest absolute Gasteiger partial charge is 0.485 e. The summed E-state index contributed by atoms with van der Waals surface area (Å²) in [6, 6.07) is 9.91. The minimum atomic E-state index is -0.0825. The lowest BCUT2D eigenvalue weighted by Gasteiger charge is -2.12. The minimum absolute atomic E-state index is 0.0825. The van der Waals surface area contributed by atoms with E-state index < -0.39 is 0 Å². The molecule has 3 rings (SSSR count). The third-order valence-corrected chi connectivity index (χ3v) is 6.82. The van der Waals surface area contributed by atoms with Gasteiger partial charge in [-0.1, -0.05) is 45.4 Å². The summed E-state index contributed by atoms with van der Waals surface area (Å²) in [7, 11) is 1.88. The summed E-state index contributed by atoms with van der Waals surface area (Å²) in [6.07, 6.45) is 0. The van der Waals surface area contributed by atoms with Crippen molar-refractivity contribution in [3.8, 4) is 5.75 Å². The molecule has 1 amide bonds. The van der Waals surface area contributed by atoms with Gasteiger partial charge >= 0.3 is 0 Å². The van der Waals surface area contributed by atoms with Crippen LogP contribution < -0.4 is 10.1 Å². The molecule has 2 aromatic carbocycles. The summed E-state index contributed by atoms with van der Waals surface area (Å²) in [5.74, 6) is 1.70. The quantitative estimate of drug-likeness (QED) is 0.467. The van der Waals surface area contributed by atoms with Crippen molar-refractivity contribution >= 4 is 39.3 Å². The Balaban J connectivity index is 1.57. The molecule has 0 aliphatic heterocycles. The van der Waals surface area contributed by atoms with Crippen LogP contribution in [0, 0.1) is 27.7 Å². The third-order valence-electron chi connectivity index (χ3n) is 4.94. The number of amides is 1. The number of hydrogen-bond donors (Lipinski definition) is 1. The van der Waals surface area contributed by atoms with Crippen LogP contribution in [0.3, 0.4) is 0 Å². The van der Waals surface area contributed by atoms with E-state index in [1.54, 1.807) is 0 Å². The second kappa shape index (κ2) is 9.66. The lowest BCUT2D eigenvalue weighted by Crippen LogP contribution is -2.15. The molecule has 30 heavy (non-hydrogen) atoms. The van der Waals surface area contributed by atoms with Crippen LogP contribution in [0.5, 0.6) is 5.75 Å². The lowest BCUT2D eigenvalue weighted by molar-refractivity contribution is -0.113. The second-order valence-electron chi connectivity index (χ2n) is 7.20. The van der Waals surface area contributed by atoms with Crippen molar-refractivity contribution in [2.45, 2.75) is 39.5 Å². The van der Waals surface area contributed by atoms with Gasteiger partial charge in [-0.15, -0.1) is 10.2 Å². The Morgan fingerprint density at radius 2 is 1.90 bits per heavy atom. The van der Waals surface area contributed by atoms with Crippen molar-refractivity contribution < 1.29 is 9.53 Å². The van der Waals surface area contributed by atoms with E-state index in [0.29, 0.717) is 17.6 Å². The van der Waals surface area contributed by atoms with Gasteiger partial charge in [0, 0.05) is 17.2 Å². The average molecular weight is 489 g/mol.